The van der Waals surface area contributed by atoms with Gasteiger partial charge >= 0.3 is 0 Å². The predicted molar refractivity (Wildman–Crippen MR) is 431 cm³/mol. The molecular weight excluding hydrogens is 1200 g/mol. The quantitative estimate of drug-likeness (QED) is 0.0845. The summed E-state index contributed by atoms with van der Waals surface area (Å²) in [4.78, 5) is 0. The van der Waals surface area contributed by atoms with Crippen LogP contribution < -0.4 is 0 Å². The Morgan fingerprint density at radius 3 is 0.440 bits per heavy atom. The Bertz CT molecular complexity index is 5130. The normalized spacial score (nSPS) is 11.6. The fraction of sp³-hybridized carbons (Fsp3) is 0.0800. The van der Waals surface area contributed by atoms with Gasteiger partial charge in [-0.15, -0.1) is 0 Å². The van der Waals surface area contributed by atoms with Crippen molar-refractivity contribution < 1.29 is 0 Å². The van der Waals surface area contributed by atoms with Crippen molar-refractivity contribution in [3.05, 3.63) is 360 Å². The Kier molecular flexibility index (Phi) is 15.5. The third-order valence-corrected chi connectivity index (χ3v) is 20.7. The van der Waals surface area contributed by atoms with E-state index >= 15 is 0 Å². The molecule has 0 saturated heterocycles. The largest absolute Gasteiger partial charge is 0.0614 e. The van der Waals surface area contributed by atoms with Crippen LogP contribution in [0.1, 0.15) is 44.5 Å². The molecule has 476 valence electrons. The van der Waals surface area contributed by atoms with Gasteiger partial charge in [-0.05, 0) is 281 Å². The van der Waals surface area contributed by atoms with Gasteiger partial charge in [0.2, 0.25) is 0 Å². The first-order valence-electron chi connectivity index (χ1n) is 35.2. The van der Waals surface area contributed by atoms with E-state index in [2.05, 4.69) is 371 Å². The molecular formula is C100H76. The molecule has 0 heteroatoms. The molecule has 17 rings (SSSR count). The number of benzene rings is 17. The predicted octanol–water partition coefficient (Wildman–Crippen LogP) is 28.2. The lowest BCUT2D eigenvalue weighted by atomic mass is 9.79. The van der Waals surface area contributed by atoms with E-state index < -0.39 is 0 Å². The van der Waals surface area contributed by atoms with Gasteiger partial charge < -0.3 is 0 Å². The highest BCUT2D eigenvalue weighted by Gasteiger charge is 2.26. The maximum Gasteiger partial charge on any atom is -0.00255 e. The zero-order valence-electron chi connectivity index (χ0n) is 58.0. The van der Waals surface area contributed by atoms with Gasteiger partial charge in [-0.1, -0.05) is 311 Å². The molecule has 0 aliphatic carbocycles. The smallest absolute Gasteiger partial charge is 0.00255 e. The highest BCUT2D eigenvalue weighted by molar-refractivity contribution is 6.36. The van der Waals surface area contributed by atoms with E-state index in [1.165, 1.54) is 221 Å². The molecule has 0 radical (unpaired) electrons. The highest BCUT2D eigenvalue weighted by atomic mass is 14.3. The summed E-state index contributed by atoms with van der Waals surface area (Å²) in [5.74, 6) is 0. The van der Waals surface area contributed by atoms with Crippen LogP contribution in [0.5, 0.6) is 0 Å². The lowest BCUT2D eigenvalue weighted by Crippen LogP contribution is -1.97. The molecule has 0 bridgehead atoms. The van der Waals surface area contributed by atoms with Crippen LogP contribution in [0.15, 0.2) is 315 Å². The van der Waals surface area contributed by atoms with Crippen LogP contribution in [0.3, 0.4) is 0 Å². The van der Waals surface area contributed by atoms with Crippen LogP contribution in [-0.2, 0) is 0 Å². The first-order valence-corrected chi connectivity index (χ1v) is 35.2. The average molecular weight is 1280 g/mol. The molecule has 0 aromatic heterocycles. The van der Waals surface area contributed by atoms with Gasteiger partial charge in [0.25, 0.3) is 0 Å². The molecule has 0 aliphatic rings. The van der Waals surface area contributed by atoms with Crippen molar-refractivity contribution in [3.63, 3.8) is 0 Å². The van der Waals surface area contributed by atoms with Gasteiger partial charge in [-0.3, -0.25) is 0 Å². The summed E-state index contributed by atoms with van der Waals surface area (Å²) in [6, 6.07) is 121. The number of aryl methyl sites for hydroxylation is 8. The highest BCUT2D eigenvalue weighted by Crippen LogP contribution is 2.53. The van der Waals surface area contributed by atoms with Crippen molar-refractivity contribution in [1.82, 2.24) is 0 Å². The average Bonchev–Trinajstić information content (AvgIpc) is 0.699. The topological polar surface area (TPSA) is 0 Å². The summed E-state index contributed by atoms with van der Waals surface area (Å²) in [5.41, 5.74) is 38.4. The maximum absolute atomic E-state index is 2.57. The molecule has 0 heterocycles. The van der Waals surface area contributed by atoms with E-state index in [9.17, 15) is 0 Å². The van der Waals surface area contributed by atoms with Gasteiger partial charge in [-0.25, -0.2) is 0 Å². The van der Waals surface area contributed by atoms with Crippen molar-refractivity contribution >= 4 is 43.1 Å². The van der Waals surface area contributed by atoms with Gasteiger partial charge in [0.1, 0.15) is 0 Å². The molecule has 0 atom stereocenters. The molecule has 17 aromatic carbocycles. The number of rotatable bonds is 12. The molecule has 0 amide bonds. The van der Waals surface area contributed by atoms with Crippen molar-refractivity contribution in [2.45, 2.75) is 55.4 Å². The Labute approximate surface area is 588 Å². The van der Waals surface area contributed by atoms with Gasteiger partial charge in [-0.2, -0.15) is 0 Å². The minimum absolute atomic E-state index is 1.17. The van der Waals surface area contributed by atoms with Crippen molar-refractivity contribution in [1.29, 1.82) is 0 Å². The van der Waals surface area contributed by atoms with Crippen LogP contribution in [0.2, 0.25) is 0 Å². The number of hydrogen-bond acceptors (Lipinski definition) is 0. The molecule has 100 heavy (non-hydrogen) atoms. The minimum atomic E-state index is 1.17. The van der Waals surface area contributed by atoms with Crippen LogP contribution >= 0.6 is 0 Å². The van der Waals surface area contributed by atoms with Gasteiger partial charge in [0.15, 0.2) is 0 Å². The maximum atomic E-state index is 2.57. The van der Waals surface area contributed by atoms with Crippen LogP contribution in [0.4, 0.5) is 0 Å². The van der Waals surface area contributed by atoms with E-state index in [0.717, 1.165) is 0 Å². The molecule has 0 saturated carbocycles. The standard InChI is InChI=1S/C100H76/c1-61-21-9-29-69(45-61)83-37-17-38-84(70-30-10-22-62(2)46-70)95(83)79-53-77-54-80(96-85(71-31-11-23-63(3)47-71)39-18-40-86(96)72-32-12-24-64(4)48-72)59-93-94-60-82(98-89(75-35-15-27-67(7)51-75)43-20-44-90(98)76-36-16-28-68(8)52-76)56-78-55-81(58-92(100(78)94)91(57-79)99(77)93)97-87(73-33-13-25-65(5)49-73)41-19-42-88(97)74-34-14-26-66(6)50-74/h9-60H,1-8H3. The summed E-state index contributed by atoms with van der Waals surface area (Å²) < 4.78 is 0. The van der Waals surface area contributed by atoms with Crippen LogP contribution in [0.25, 0.3) is 177 Å². The molecule has 17 aromatic rings. The summed E-state index contributed by atoms with van der Waals surface area (Å²) in [6.45, 7) is 17.7. The summed E-state index contributed by atoms with van der Waals surface area (Å²) in [7, 11) is 0. The minimum Gasteiger partial charge on any atom is -0.0614 e. The lowest BCUT2D eigenvalue weighted by molar-refractivity contribution is 1.45. The van der Waals surface area contributed by atoms with Crippen LogP contribution in [-0.4, -0.2) is 0 Å². The molecule has 0 N–H and O–H groups in total. The second-order valence-electron chi connectivity index (χ2n) is 28.2. The van der Waals surface area contributed by atoms with E-state index in [0.29, 0.717) is 0 Å². The van der Waals surface area contributed by atoms with E-state index in [1.807, 2.05) is 0 Å². The van der Waals surface area contributed by atoms with Gasteiger partial charge in [0.05, 0.1) is 0 Å². The van der Waals surface area contributed by atoms with Crippen LogP contribution in [0, 0.1) is 55.4 Å². The molecule has 0 spiro atoms. The van der Waals surface area contributed by atoms with Crippen molar-refractivity contribution in [2.24, 2.45) is 0 Å². The Morgan fingerprint density at radius 1 is 0.140 bits per heavy atom. The van der Waals surface area contributed by atoms with Crippen molar-refractivity contribution in [3.8, 4) is 134 Å². The van der Waals surface area contributed by atoms with Crippen molar-refractivity contribution in [2.75, 3.05) is 0 Å². The summed E-state index contributed by atoms with van der Waals surface area (Å²) in [5, 5.41) is 9.70. The van der Waals surface area contributed by atoms with Gasteiger partial charge in [0, 0.05) is 0 Å². The molecule has 0 unspecified atom stereocenters. The zero-order valence-corrected chi connectivity index (χ0v) is 58.0. The fourth-order valence-electron chi connectivity index (χ4n) is 16.3. The van der Waals surface area contributed by atoms with E-state index in [-0.39, 0.29) is 0 Å². The Balaban J connectivity index is 1.10. The van der Waals surface area contributed by atoms with E-state index in [4.69, 9.17) is 0 Å². The first kappa shape index (κ1) is 61.6. The number of fused-ring (bicyclic) bond motifs is 2. The Hall–Kier alpha value is -12.0. The second-order valence-corrected chi connectivity index (χ2v) is 28.2. The first-order chi connectivity index (χ1) is 48.8. The van der Waals surface area contributed by atoms with E-state index in [1.54, 1.807) is 0 Å². The monoisotopic (exact) mass is 1280 g/mol. The summed E-state index contributed by atoms with van der Waals surface area (Å²) >= 11 is 0. The SMILES string of the molecule is Cc1cccc(-c2cccc(-c3cccc(C)c3)c2-c2cc3cc(-c4c(-c5cccc(C)c5)cccc4-c4cccc(C)c4)cc4c5cc(-c6c(-c7cccc(C)c7)cccc6-c6cccc(C)c6)cc6cc(-c7c(-c8cccc(C)c8)cccc7-c7cccc(C)c7)cc(c(c2)c34)c65)c1. The summed E-state index contributed by atoms with van der Waals surface area (Å²) in [6.07, 6.45) is 0. The third-order valence-electron chi connectivity index (χ3n) is 20.7. The third kappa shape index (κ3) is 11.2. The Morgan fingerprint density at radius 2 is 0.290 bits per heavy atom. The molecule has 0 aliphatic heterocycles. The molecule has 0 fully saturated rings. The fourth-order valence-corrected chi connectivity index (χ4v) is 16.3. The lowest BCUT2D eigenvalue weighted by Gasteiger charge is -2.24. The number of hydrogen-bond donors (Lipinski definition) is 0. The molecule has 0 nitrogen and oxygen atoms in total. The zero-order chi connectivity index (χ0) is 67.9. The second kappa shape index (κ2) is 25.2.